The minimum atomic E-state index is -0.0954. The lowest BCUT2D eigenvalue weighted by atomic mass is 9.93. The summed E-state index contributed by atoms with van der Waals surface area (Å²) < 4.78 is 1.92. The summed E-state index contributed by atoms with van der Waals surface area (Å²) in [6.07, 6.45) is 5.87. The molecular weight excluding hydrogens is 296 g/mol. The van der Waals surface area contributed by atoms with Crippen LogP contribution in [0.4, 0.5) is 4.79 Å². The molecule has 2 aromatic heterocycles. The summed E-state index contributed by atoms with van der Waals surface area (Å²) in [4.78, 5) is 13.5. The number of carbonyl (C=O) groups excluding carboxylic acids is 1. The zero-order valence-electron chi connectivity index (χ0n) is 13.0. The Labute approximate surface area is 134 Å². The van der Waals surface area contributed by atoms with Crippen molar-refractivity contribution in [2.45, 2.75) is 44.7 Å². The van der Waals surface area contributed by atoms with Gasteiger partial charge in [0.05, 0.1) is 18.3 Å². The molecule has 0 radical (unpaired) electrons. The highest BCUT2D eigenvalue weighted by Crippen LogP contribution is 2.29. The molecule has 0 aromatic carbocycles. The summed E-state index contributed by atoms with van der Waals surface area (Å²) in [5.74, 6) is 0. The molecule has 3 rings (SSSR count). The highest BCUT2D eigenvalue weighted by Gasteiger charge is 2.25. The van der Waals surface area contributed by atoms with E-state index in [1.807, 2.05) is 29.4 Å². The van der Waals surface area contributed by atoms with Crippen molar-refractivity contribution in [2.24, 2.45) is 7.05 Å². The van der Waals surface area contributed by atoms with Crippen LogP contribution in [0.2, 0.25) is 0 Å². The van der Waals surface area contributed by atoms with Gasteiger partial charge in [0.2, 0.25) is 0 Å². The predicted molar refractivity (Wildman–Crippen MR) is 87.9 cm³/mol. The first-order valence-electron chi connectivity index (χ1n) is 7.80. The molecule has 1 aliphatic carbocycles. The van der Waals surface area contributed by atoms with Gasteiger partial charge in [0.1, 0.15) is 0 Å². The molecule has 2 heterocycles. The third kappa shape index (κ3) is 3.02. The predicted octanol–water partition coefficient (Wildman–Crippen LogP) is 3.31. The second-order valence-electron chi connectivity index (χ2n) is 5.71. The fourth-order valence-corrected chi connectivity index (χ4v) is 3.94. The maximum absolute atomic E-state index is 12.3. The number of thiophene rings is 1. The van der Waals surface area contributed by atoms with E-state index in [4.69, 9.17) is 0 Å². The van der Waals surface area contributed by atoms with Crippen LogP contribution in [0.3, 0.4) is 0 Å². The van der Waals surface area contributed by atoms with E-state index < -0.39 is 0 Å². The van der Waals surface area contributed by atoms with Crippen molar-refractivity contribution >= 4 is 17.4 Å². The Morgan fingerprint density at radius 3 is 3.18 bits per heavy atom. The Morgan fingerprint density at radius 1 is 1.59 bits per heavy atom. The summed E-state index contributed by atoms with van der Waals surface area (Å²) in [7, 11) is 1.96. The van der Waals surface area contributed by atoms with Crippen LogP contribution in [-0.4, -0.2) is 15.8 Å². The molecule has 0 unspecified atom stereocenters. The third-order valence-electron chi connectivity index (χ3n) is 4.28. The van der Waals surface area contributed by atoms with Gasteiger partial charge in [-0.1, -0.05) is 13.0 Å². The monoisotopic (exact) mass is 318 g/mol. The van der Waals surface area contributed by atoms with E-state index in [-0.39, 0.29) is 18.1 Å². The van der Waals surface area contributed by atoms with E-state index in [0.29, 0.717) is 0 Å². The van der Waals surface area contributed by atoms with E-state index in [0.717, 1.165) is 31.2 Å². The van der Waals surface area contributed by atoms with Gasteiger partial charge in [0.15, 0.2) is 0 Å². The normalized spacial score (nSPS) is 18.5. The van der Waals surface area contributed by atoms with Crippen LogP contribution in [0, 0.1) is 0 Å². The van der Waals surface area contributed by atoms with Crippen molar-refractivity contribution in [3.63, 3.8) is 0 Å². The number of carbonyl (C=O) groups is 1. The summed E-state index contributed by atoms with van der Waals surface area (Å²) in [6, 6.07) is 4.14. The van der Waals surface area contributed by atoms with E-state index in [1.54, 1.807) is 11.3 Å². The number of aromatic nitrogens is 2. The molecule has 2 N–H and O–H groups in total. The van der Waals surface area contributed by atoms with Gasteiger partial charge in [0.25, 0.3) is 0 Å². The minimum absolute atomic E-state index is 0.0679. The molecule has 22 heavy (non-hydrogen) atoms. The van der Waals surface area contributed by atoms with Gasteiger partial charge in [-0.3, -0.25) is 4.68 Å². The summed E-state index contributed by atoms with van der Waals surface area (Å²) in [5.41, 5.74) is 2.40. The Hall–Kier alpha value is -1.82. The molecule has 0 spiro atoms. The molecule has 118 valence electrons. The molecule has 2 atom stereocenters. The summed E-state index contributed by atoms with van der Waals surface area (Å²) >= 11 is 1.68. The molecule has 0 saturated heterocycles. The number of nitrogens with one attached hydrogen (secondary N) is 2. The fraction of sp³-hybridized carbons (Fsp3) is 0.500. The van der Waals surface area contributed by atoms with Gasteiger partial charge in [-0.2, -0.15) is 5.10 Å². The lowest BCUT2D eigenvalue weighted by Gasteiger charge is -2.25. The van der Waals surface area contributed by atoms with Gasteiger partial charge >= 0.3 is 6.03 Å². The maximum Gasteiger partial charge on any atom is 0.315 e. The van der Waals surface area contributed by atoms with Crippen molar-refractivity contribution in [1.29, 1.82) is 0 Å². The van der Waals surface area contributed by atoms with Crippen molar-refractivity contribution in [3.8, 4) is 0 Å². The number of rotatable bonds is 4. The summed E-state index contributed by atoms with van der Waals surface area (Å²) in [6.45, 7) is 2.09. The van der Waals surface area contributed by atoms with Gasteiger partial charge in [-0.05, 0) is 37.1 Å². The van der Waals surface area contributed by atoms with Crippen molar-refractivity contribution in [2.75, 3.05) is 0 Å². The first kappa shape index (κ1) is 15.1. The zero-order valence-corrected chi connectivity index (χ0v) is 13.8. The molecule has 5 nitrogen and oxygen atoms in total. The third-order valence-corrected chi connectivity index (χ3v) is 5.27. The van der Waals surface area contributed by atoms with E-state index in [2.05, 4.69) is 28.7 Å². The Morgan fingerprint density at radius 2 is 2.45 bits per heavy atom. The van der Waals surface area contributed by atoms with Gasteiger partial charge < -0.3 is 10.6 Å². The molecule has 0 saturated carbocycles. The van der Waals surface area contributed by atoms with E-state index >= 15 is 0 Å². The standard InChI is InChI=1S/C16H22N4OS/c1-3-12(15-8-5-9-22-15)18-16(21)19-13-6-4-7-14-11(13)10-17-20(14)2/h5,8-10,12-13H,3-4,6-7H2,1-2H3,(H2,18,19,21)/t12-,13+/m0/s1. The van der Waals surface area contributed by atoms with E-state index in [1.165, 1.54) is 10.6 Å². The van der Waals surface area contributed by atoms with Crippen molar-refractivity contribution in [3.05, 3.63) is 39.8 Å². The van der Waals surface area contributed by atoms with Crippen LogP contribution < -0.4 is 10.6 Å². The maximum atomic E-state index is 12.3. The molecule has 0 fully saturated rings. The van der Waals surface area contributed by atoms with Crippen LogP contribution in [0.25, 0.3) is 0 Å². The zero-order chi connectivity index (χ0) is 15.5. The molecule has 2 amide bonds. The molecule has 2 aromatic rings. The second-order valence-corrected chi connectivity index (χ2v) is 6.69. The number of amides is 2. The SMILES string of the molecule is CC[C@H](NC(=O)N[C@@H]1CCCc2c1cnn2C)c1cccs1. The number of hydrogen-bond donors (Lipinski definition) is 2. The van der Waals surface area contributed by atoms with Crippen LogP contribution in [0.1, 0.15) is 54.4 Å². The molecule has 0 aliphatic heterocycles. The minimum Gasteiger partial charge on any atom is -0.331 e. The Bertz CT molecular complexity index is 635. The number of urea groups is 1. The van der Waals surface area contributed by atoms with Crippen LogP contribution in [0.5, 0.6) is 0 Å². The van der Waals surface area contributed by atoms with Crippen molar-refractivity contribution < 1.29 is 4.79 Å². The number of fused-ring (bicyclic) bond motifs is 1. The number of aryl methyl sites for hydroxylation is 1. The Balaban J connectivity index is 1.65. The van der Waals surface area contributed by atoms with Crippen LogP contribution >= 0.6 is 11.3 Å². The fourth-order valence-electron chi connectivity index (χ4n) is 3.08. The quantitative estimate of drug-likeness (QED) is 0.908. The molecule has 1 aliphatic rings. The first-order valence-corrected chi connectivity index (χ1v) is 8.68. The smallest absolute Gasteiger partial charge is 0.315 e. The first-order chi connectivity index (χ1) is 10.7. The Kier molecular flexibility index (Phi) is 4.47. The second kappa shape index (κ2) is 6.52. The molecule has 0 bridgehead atoms. The average Bonchev–Trinajstić information content (AvgIpc) is 3.16. The van der Waals surface area contributed by atoms with Gasteiger partial charge in [-0.25, -0.2) is 4.79 Å². The highest BCUT2D eigenvalue weighted by atomic mass is 32.1. The lowest BCUT2D eigenvalue weighted by Crippen LogP contribution is -2.40. The molecular formula is C16H22N4OS. The van der Waals surface area contributed by atoms with Crippen molar-refractivity contribution in [1.82, 2.24) is 20.4 Å². The van der Waals surface area contributed by atoms with E-state index in [9.17, 15) is 4.79 Å². The topological polar surface area (TPSA) is 59.0 Å². The van der Waals surface area contributed by atoms with Crippen LogP contribution in [-0.2, 0) is 13.5 Å². The van der Waals surface area contributed by atoms with Gasteiger partial charge in [-0.15, -0.1) is 11.3 Å². The summed E-state index contributed by atoms with van der Waals surface area (Å²) in [5, 5.41) is 12.6. The molecule has 6 heteroatoms. The highest BCUT2D eigenvalue weighted by molar-refractivity contribution is 7.10. The average molecular weight is 318 g/mol. The van der Waals surface area contributed by atoms with Gasteiger partial charge in [0, 0.05) is 23.2 Å². The largest absolute Gasteiger partial charge is 0.331 e. The lowest BCUT2D eigenvalue weighted by molar-refractivity contribution is 0.231. The number of nitrogens with zero attached hydrogens (tertiary/aromatic N) is 2. The number of hydrogen-bond acceptors (Lipinski definition) is 3. The van der Waals surface area contributed by atoms with Crippen LogP contribution in [0.15, 0.2) is 23.7 Å².